The van der Waals surface area contributed by atoms with E-state index < -0.39 is 35.4 Å². The molecule has 0 bridgehead atoms. The maximum Gasteiger partial charge on any atom is 0.281 e. The van der Waals surface area contributed by atoms with Crippen molar-refractivity contribution in [1.29, 1.82) is 0 Å². The third-order valence-corrected chi connectivity index (χ3v) is 7.31. The zero-order chi connectivity index (χ0) is 27.0. The van der Waals surface area contributed by atoms with Crippen LogP contribution in [0.1, 0.15) is 59.3 Å². The SMILES string of the molecule is O=C(N[C@H]1CC[C@H](CN2C(=O)C(O)(c3ccncc3F)c3cccnc32)CC1)c1cc(Cl)cnc1C(F)F. The van der Waals surface area contributed by atoms with Gasteiger partial charge in [0, 0.05) is 42.3 Å². The van der Waals surface area contributed by atoms with Gasteiger partial charge in [-0.05, 0) is 55.9 Å². The Balaban J connectivity index is 1.27. The zero-order valence-corrected chi connectivity index (χ0v) is 20.7. The molecule has 38 heavy (non-hydrogen) atoms. The Kier molecular flexibility index (Phi) is 7.06. The van der Waals surface area contributed by atoms with Crippen LogP contribution in [0.4, 0.5) is 19.0 Å². The molecule has 8 nitrogen and oxygen atoms in total. The van der Waals surface area contributed by atoms with Gasteiger partial charge in [-0.3, -0.25) is 24.5 Å². The number of rotatable bonds is 6. The molecule has 0 saturated heterocycles. The standard InChI is InChI=1S/C26H23ClF3N5O3/c27-15-10-17(21(22(29)30)33-11-15)24(36)34-16-5-3-14(4-6-16)13-35-23-19(2-1-8-32-23)26(38,25(35)37)18-7-9-31-12-20(18)28/h1-2,7-12,14,16,22,38H,3-6,13H2,(H,34,36)/t14-,16-,26?. The second-order valence-corrected chi connectivity index (χ2v) is 9.87. The lowest BCUT2D eigenvalue weighted by Crippen LogP contribution is -2.45. The highest BCUT2D eigenvalue weighted by Crippen LogP contribution is 2.44. The van der Waals surface area contributed by atoms with E-state index in [0.717, 1.165) is 12.4 Å². The first kappa shape index (κ1) is 26.1. The van der Waals surface area contributed by atoms with Crippen molar-refractivity contribution in [2.24, 2.45) is 5.92 Å². The van der Waals surface area contributed by atoms with Crippen LogP contribution < -0.4 is 10.2 Å². The average molecular weight is 546 g/mol. The van der Waals surface area contributed by atoms with Crippen LogP contribution in [-0.2, 0) is 10.4 Å². The summed E-state index contributed by atoms with van der Waals surface area (Å²) in [6.45, 7) is 0.242. The second kappa shape index (κ2) is 10.3. The quantitative estimate of drug-likeness (QED) is 0.481. The van der Waals surface area contributed by atoms with Crippen LogP contribution in [0.3, 0.4) is 0 Å². The van der Waals surface area contributed by atoms with Crippen LogP contribution in [0.5, 0.6) is 0 Å². The number of hydrogen-bond donors (Lipinski definition) is 2. The first-order chi connectivity index (χ1) is 18.2. The van der Waals surface area contributed by atoms with E-state index in [0.29, 0.717) is 25.7 Å². The van der Waals surface area contributed by atoms with Gasteiger partial charge >= 0.3 is 0 Å². The number of fused-ring (bicyclic) bond motifs is 1. The molecule has 2 N–H and O–H groups in total. The number of aromatic nitrogens is 3. The van der Waals surface area contributed by atoms with Gasteiger partial charge in [-0.2, -0.15) is 0 Å². The van der Waals surface area contributed by atoms with E-state index in [1.54, 1.807) is 12.1 Å². The molecule has 2 aliphatic rings. The number of pyridine rings is 3. The molecule has 1 aliphatic heterocycles. The van der Waals surface area contributed by atoms with Gasteiger partial charge < -0.3 is 10.4 Å². The van der Waals surface area contributed by atoms with Gasteiger partial charge in [0.15, 0.2) is 0 Å². The number of hydrogen-bond acceptors (Lipinski definition) is 6. The molecule has 1 fully saturated rings. The monoisotopic (exact) mass is 545 g/mol. The van der Waals surface area contributed by atoms with Crippen LogP contribution >= 0.6 is 11.6 Å². The van der Waals surface area contributed by atoms with Crippen molar-refractivity contribution in [2.75, 3.05) is 11.4 Å². The molecular formula is C26H23ClF3N5O3. The number of amides is 2. The Morgan fingerprint density at radius 3 is 2.63 bits per heavy atom. The van der Waals surface area contributed by atoms with Crippen molar-refractivity contribution in [3.05, 3.63) is 82.3 Å². The summed E-state index contributed by atoms with van der Waals surface area (Å²) in [5.74, 6) is -1.90. The van der Waals surface area contributed by atoms with Crippen LogP contribution in [-0.4, -0.2) is 44.5 Å². The molecule has 1 saturated carbocycles. The molecule has 1 unspecified atom stereocenters. The molecule has 198 valence electrons. The molecule has 0 aromatic carbocycles. The lowest BCUT2D eigenvalue weighted by Gasteiger charge is -2.32. The second-order valence-electron chi connectivity index (χ2n) is 9.43. The molecule has 4 heterocycles. The van der Waals surface area contributed by atoms with Crippen molar-refractivity contribution in [2.45, 2.75) is 43.8 Å². The fraction of sp³-hybridized carbons (Fsp3) is 0.346. The highest BCUT2D eigenvalue weighted by molar-refractivity contribution is 6.30. The van der Waals surface area contributed by atoms with Crippen LogP contribution in [0.2, 0.25) is 5.02 Å². The fourth-order valence-corrected chi connectivity index (χ4v) is 5.37. The van der Waals surface area contributed by atoms with E-state index in [9.17, 15) is 27.9 Å². The minimum absolute atomic E-state index is 0.0102. The number of carbonyl (C=O) groups excluding carboxylic acids is 2. The van der Waals surface area contributed by atoms with Crippen LogP contribution in [0.15, 0.2) is 49.1 Å². The Hall–Kier alpha value is -3.57. The fourth-order valence-electron chi connectivity index (χ4n) is 5.22. The molecule has 3 aromatic rings. The minimum atomic E-state index is -2.92. The number of nitrogens with one attached hydrogen (secondary N) is 1. The zero-order valence-electron chi connectivity index (χ0n) is 20.0. The summed E-state index contributed by atoms with van der Waals surface area (Å²) in [5, 5.41) is 14.3. The van der Waals surface area contributed by atoms with Crippen LogP contribution in [0.25, 0.3) is 0 Å². The summed E-state index contributed by atoms with van der Waals surface area (Å²) in [6.07, 6.45) is 4.24. The van der Waals surface area contributed by atoms with Crippen molar-refractivity contribution >= 4 is 29.2 Å². The topological polar surface area (TPSA) is 108 Å². The predicted molar refractivity (Wildman–Crippen MR) is 131 cm³/mol. The normalized spacial score (nSPS) is 23.0. The average Bonchev–Trinajstić information content (AvgIpc) is 3.12. The van der Waals surface area contributed by atoms with Crippen molar-refractivity contribution in [3.8, 4) is 0 Å². The largest absolute Gasteiger partial charge is 0.372 e. The molecule has 1 aliphatic carbocycles. The highest BCUT2D eigenvalue weighted by atomic mass is 35.5. The first-order valence-electron chi connectivity index (χ1n) is 12.0. The maximum absolute atomic E-state index is 14.6. The van der Waals surface area contributed by atoms with E-state index in [4.69, 9.17) is 11.6 Å². The molecule has 12 heteroatoms. The Morgan fingerprint density at radius 1 is 1.16 bits per heavy atom. The van der Waals surface area contributed by atoms with Gasteiger partial charge in [0.2, 0.25) is 5.60 Å². The van der Waals surface area contributed by atoms with Gasteiger partial charge in [0.05, 0.1) is 16.8 Å². The van der Waals surface area contributed by atoms with Crippen molar-refractivity contribution < 1.29 is 27.9 Å². The molecular weight excluding hydrogens is 523 g/mol. The van der Waals surface area contributed by atoms with Gasteiger partial charge in [-0.15, -0.1) is 0 Å². The van der Waals surface area contributed by atoms with E-state index in [2.05, 4.69) is 20.3 Å². The van der Waals surface area contributed by atoms with Crippen LogP contribution in [0, 0.1) is 11.7 Å². The third-order valence-electron chi connectivity index (χ3n) is 7.11. The molecule has 0 spiro atoms. The summed E-state index contributed by atoms with van der Waals surface area (Å²) >= 11 is 5.86. The summed E-state index contributed by atoms with van der Waals surface area (Å²) in [6, 6.07) is 5.31. The summed E-state index contributed by atoms with van der Waals surface area (Å²) in [5.41, 5.74) is -3.12. The minimum Gasteiger partial charge on any atom is -0.372 e. The van der Waals surface area contributed by atoms with E-state index in [-0.39, 0.29) is 46.0 Å². The first-order valence-corrected chi connectivity index (χ1v) is 12.4. The Labute approximate surface area is 220 Å². The number of anilines is 1. The van der Waals surface area contributed by atoms with Crippen molar-refractivity contribution in [3.63, 3.8) is 0 Å². The maximum atomic E-state index is 14.6. The van der Waals surface area contributed by atoms with E-state index in [1.165, 1.54) is 29.4 Å². The van der Waals surface area contributed by atoms with Gasteiger partial charge in [0.25, 0.3) is 18.2 Å². The Morgan fingerprint density at radius 2 is 1.92 bits per heavy atom. The number of nitrogens with zero attached hydrogens (tertiary/aromatic N) is 4. The molecule has 3 aromatic heterocycles. The highest BCUT2D eigenvalue weighted by Gasteiger charge is 2.53. The number of aliphatic hydroxyl groups is 1. The number of carbonyl (C=O) groups is 2. The smallest absolute Gasteiger partial charge is 0.281 e. The lowest BCUT2D eigenvalue weighted by molar-refractivity contribution is -0.132. The number of alkyl halides is 2. The van der Waals surface area contributed by atoms with Gasteiger partial charge in [-0.1, -0.05) is 11.6 Å². The van der Waals surface area contributed by atoms with E-state index in [1.807, 2.05) is 0 Å². The van der Waals surface area contributed by atoms with E-state index >= 15 is 0 Å². The third kappa shape index (κ3) is 4.60. The molecule has 2 amide bonds. The van der Waals surface area contributed by atoms with Gasteiger partial charge in [0.1, 0.15) is 17.3 Å². The summed E-state index contributed by atoms with van der Waals surface area (Å²) in [7, 11) is 0. The number of halogens is 4. The molecule has 0 radical (unpaired) electrons. The van der Waals surface area contributed by atoms with Crippen molar-refractivity contribution in [1.82, 2.24) is 20.3 Å². The molecule has 1 atom stereocenters. The lowest BCUT2D eigenvalue weighted by atomic mass is 9.85. The predicted octanol–water partition coefficient (Wildman–Crippen LogP) is 4.17. The van der Waals surface area contributed by atoms with Gasteiger partial charge in [-0.25, -0.2) is 18.2 Å². The molecule has 5 rings (SSSR count). The Bertz CT molecular complexity index is 1390. The summed E-state index contributed by atoms with van der Waals surface area (Å²) < 4.78 is 41.2. The summed E-state index contributed by atoms with van der Waals surface area (Å²) in [4.78, 5) is 39.2.